The van der Waals surface area contributed by atoms with Crippen molar-refractivity contribution in [3.05, 3.63) is 0 Å². The summed E-state index contributed by atoms with van der Waals surface area (Å²) in [6.07, 6.45) is 5.07. The zero-order valence-electron chi connectivity index (χ0n) is 10.4. The van der Waals surface area contributed by atoms with E-state index in [-0.39, 0.29) is 0 Å². The molecule has 4 heteroatoms. The molecule has 0 aromatic heterocycles. The molecule has 0 bridgehead atoms. The Bertz CT molecular complexity index is 258. The first-order chi connectivity index (χ1) is 7.66. The molecule has 0 radical (unpaired) electrons. The molecule has 0 spiro atoms. The van der Waals surface area contributed by atoms with Gasteiger partial charge in [0.25, 0.3) is 0 Å². The number of piperazine rings is 1. The smallest absolute Gasteiger partial charge is 0.191 e. The molecule has 2 atom stereocenters. The lowest BCUT2D eigenvalue weighted by Crippen LogP contribution is -2.58. The van der Waals surface area contributed by atoms with Gasteiger partial charge in [0.2, 0.25) is 0 Å². The number of hydrogen-bond donors (Lipinski definition) is 2. The van der Waals surface area contributed by atoms with Gasteiger partial charge in [0.1, 0.15) is 0 Å². The monoisotopic (exact) mass is 224 g/mol. The lowest BCUT2D eigenvalue weighted by Gasteiger charge is -2.38. The Morgan fingerprint density at radius 2 is 2.00 bits per heavy atom. The lowest BCUT2D eigenvalue weighted by atomic mass is 10.1. The fourth-order valence-electron chi connectivity index (χ4n) is 2.64. The predicted molar refractivity (Wildman–Crippen MR) is 67.5 cm³/mol. The minimum absolute atomic E-state index is 0.460. The van der Waals surface area contributed by atoms with Crippen molar-refractivity contribution in [3.63, 3.8) is 0 Å². The minimum Gasteiger partial charge on any atom is -0.370 e. The SMILES string of the molecule is CC1CN(/C(N)=N\C2CCCC2)C(C)CN1. The second kappa shape index (κ2) is 5.04. The van der Waals surface area contributed by atoms with E-state index in [1.807, 2.05) is 0 Å². The van der Waals surface area contributed by atoms with Crippen LogP contribution in [0.15, 0.2) is 4.99 Å². The Hall–Kier alpha value is -0.770. The van der Waals surface area contributed by atoms with Gasteiger partial charge in [-0.05, 0) is 26.7 Å². The first-order valence-electron chi connectivity index (χ1n) is 6.50. The van der Waals surface area contributed by atoms with Crippen LogP contribution in [0.2, 0.25) is 0 Å². The van der Waals surface area contributed by atoms with Crippen LogP contribution in [-0.2, 0) is 0 Å². The summed E-state index contributed by atoms with van der Waals surface area (Å²) in [4.78, 5) is 6.93. The Balaban J connectivity index is 1.98. The summed E-state index contributed by atoms with van der Waals surface area (Å²) in [6, 6.07) is 1.45. The van der Waals surface area contributed by atoms with Crippen LogP contribution in [0, 0.1) is 0 Å². The van der Waals surface area contributed by atoms with E-state index in [1.165, 1.54) is 25.7 Å². The van der Waals surface area contributed by atoms with Gasteiger partial charge >= 0.3 is 0 Å². The molecule has 3 N–H and O–H groups in total. The van der Waals surface area contributed by atoms with Crippen LogP contribution in [0.25, 0.3) is 0 Å². The first kappa shape index (κ1) is 11.7. The van der Waals surface area contributed by atoms with Gasteiger partial charge in [-0.1, -0.05) is 12.8 Å². The maximum Gasteiger partial charge on any atom is 0.191 e. The molecule has 1 saturated carbocycles. The van der Waals surface area contributed by atoms with Crippen LogP contribution in [0.3, 0.4) is 0 Å². The summed E-state index contributed by atoms with van der Waals surface area (Å²) in [7, 11) is 0. The molecule has 0 aromatic carbocycles. The van der Waals surface area contributed by atoms with E-state index < -0.39 is 0 Å². The number of nitrogens with two attached hydrogens (primary N) is 1. The van der Waals surface area contributed by atoms with Crippen LogP contribution in [0.1, 0.15) is 39.5 Å². The van der Waals surface area contributed by atoms with E-state index in [0.717, 1.165) is 19.0 Å². The largest absolute Gasteiger partial charge is 0.370 e. The van der Waals surface area contributed by atoms with E-state index in [9.17, 15) is 0 Å². The number of rotatable bonds is 1. The number of nitrogens with zero attached hydrogens (tertiary/aromatic N) is 2. The third-order valence-electron chi connectivity index (χ3n) is 3.70. The van der Waals surface area contributed by atoms with Crippen LogP contribution in [0.4, 0.5) is 0 Å². The van der Waals surface area contributed by atoms with E-state index in [0.29, 0.717) is 18.1 Å². The van der Waals surface area contributed by atoms with Crippen molar-refractivity contribution < 1.29 is 0 Å². The van der Waals surface area contributed by atoms with Gasteiger partial charge in [-0.3, -0.25) is 0 Å². The fraction of sp³-hybridized carbons (Fsp3) is 0.917. The third kappa shape index (κ3) is 2.67. The summed E-state index contributed by atoms with van der Waals surface area (Å²) in [5, 5.41) is 3.46. The van der Waals surface area contributed by atoms with Crippen LogP contribution in [0.5, 0.6) is 0 Å². The zero-order valence-corrected chi connectivity index (χ0v) is 10.4. The highest BCUT2D eigenvalue weighted by Gasteiger charge is 2.24. The molecular formula is C12H24N4. The average molecular weight is 224 g/mol. The standard InChI is InChI=1S/C12H24N4/c1-9-8-16(10(2)7-14-9)12(13)15-11-5-3-4-6-11/h9-11,14H,3-8H2,1-2H3,(H2,13,15). The Morgan fingerprint density at radius 1 is 1.31 bits per heavy atom. The molecule has 92 valence electrons. The Morgan fingerprint density at radius 3 is 2.69 bits per heavy atom. The molecule has 1 aliphatic heterocycles. The zero-order chi connectivity index (χ0) is 11.5. The summed E-state index contributed by atoms with van der Waals surface area (Å²) in [6.45, 7) is 6.38. The highest BCUT2D eigenvalue weighted by molar-refractivity contribution is 5.78. The van der Waals surface area contributed by atoms with Crippen molar-refractivity contribution in [3.8, 4) is 0 Å². The summed E-state index contributed by atoms with van der Waals surface area (Å²) in [5.41, 5.74) is 6.13. The van der Waals surface area contributed by atoms with Crippen LogP contribution in [-0.4, -0.2) is 42.1 Å². The van der Waals surface area contributed by atoms with E-state index in [1.54, 1.807) is 0 Å². The third-order valence-corrected chi connectivity index (χ3v) is 3.70. The van der Waals surface area contributed by atoms with Crippen LogP contribution < -0.4 is 11.1 Å². The van der Waals surface area contributed by atoms with E-state index in [2.05, 4.69) is 29.1 Å². The van der Waals surface area contributed by atoms with Crippen molar-refractivity contribution in [2.75, 3.05) is 13.1 Å². The molecular weight excluding hydrogens is 200 g/mol. The van der Waals surface area contributed by atoms with E-state index >= 15 is 0 Å². The lowest BCUT2D eigenvalue weighted by molar-refractivity contribution is 0.231. The molecule has 1 aliphatic carbocycles. The molecule has 2 aliphatic rings. The van der Waals surface area contributed by atoms with Gasteiger partial charge in [0.15, 0.2) is 5.96 Å². The number of guanidine groups is 1. The second-order valence-corrected chi connectivity index (χ2v) is 5.24. The van der Waals surface area contributed by atoms with Crippen molar-refractivity contribution >= 4 is 5.96 Å². The van der Waals surface area contributed by atoms with E-state index in [4.69, 9.17) is 5.73 Å². The minimum atomic E-state index is 0.460. The maximum absolute atomic E-state index is 6.13. The number of hydrogen-bond acceptors (Lipinski definition) is 2. The molecule has 4 nitrogen and oxygen atoms in total. The van der Waals surface area contributed by atoms with Crippen LogP contribution >= 0.6 is 0 Å². The molecule has 0 amide bonds. The number of aliphatic imine (C=N–C) groups is 1. The van der Waals surface area contributed by atoms with Crippen molar-refractivity contribution in [1.29, 1.82) is 0 Å². The molecule has 2 fully saturated rings. The van der Waals surface area contributed by atoms with Gasteiger partial charge in [-0.15, -0.1) is 0 Å². The van der Waals surface area contributed by atoms with Gasteiger partial charge < -0.3 is 16.0 Å². The topological polar surface area (TPSA) is 53.6 Å². The van der Waals surface area contributed by atoms with Gasteiger partial charge in [-0.25, -0.2) is 4.99 Å². The number of nitrogens with one attached hydrogen (secondary N) is 1. The predicted octanol–water partition coefficient (Wildman–Crippen LogP) is 0.926. The molecule has 16 heavy (non-hydrogen) atoms. The molecule has 2 rings (SSSR count). The van der Waals surface area contributed by atoms with Gasteiger partial charge in [0.05, 0.1) is 6.04 Å². The molecule has 1 saturated heterocycles. The van der Waals surface area contributed by atoms with Gasteiger partial charge in [0, 0.05) is 25.2 Å². The molecule has 2 unspecified atom stereocenters. The second-order valence-electron chi connectivity index (χ2n) is 5.24. The quantitative estimate of drug-likeness (QED) is 0.514. The van der Waals surface area contributed by atoms with Gasteiger partial charge in [-0.2, -0.15) is 0 Å². The summed E-state index contributed by atoms with van der Waals surface area (Å²) >= 11 is 0. The molecule has 1 heterocycles. The molecule has 0 aromatic rings. The normalized spacial score (nSPS) is 33.4. The Labute approximate surface area is 98.3 Å². The van der Waals surface area contributed by atoms with Crippen molar-refractivity contribution in [1.82, 2.24) is 10.2 Å². The van der Waals surface area contributed by atoms with Crippen molar-refractivity contribution in [2.24, 2.45) is 10.7 Å². The Kier molecular flexibility index (Phi) is 3.69. The van der Waals surface area contributed by atoms with Crippen molar-refractivity contribution in [2.45, 2.75) is 57.7 Å². The summed E-state index contributed by atoms with van der Waals surface area (Å²) < 4.78 is 0. The average Bonchev–Trinajstić information content (AvgIpc) is 2.74. The fourth-order valence-corrected chi connectivity index (χ4v) is 2.64. The summed E-state index contributed by atoms with van der Waals surface area (Å²) in [5.74, 6) is 0.757. The maximum atomic E-state index is 6.13. The first-order valence-corrected chi connectivity index (χ1v) is 6.50. The highest BCUT2D eigenvalue weighted by atomic mass is 15.3. The highest BCUT2D eigenvalue weighted by Crippen LogP contribution is 2.21.